The minimum atomic E-state index is -1.16. The first-order valence-electron chi connectivity index (χ1n) is 6.34. The van der Waals surface area contributed by atoms with Gasteiger partial charge >= 0.3 is 5.97 Å². The summed E-state index contributed by atoms with van der Waals surface area (Å²) in [6.07, 6.45) is -0.288. The van der Waals surface area contributed by atoms with E-state index in [4.69, 9.17) is 9.47 Å². The van der Waals surface area contributed by atoms with Crippen molar-refractivity contribution in [2.75, 3.05) is 36.5 Å². The number of benzene rings is 1. The third-order valence-electron chi connectivity index (χ3n) is 3.20. The number of rotatable bonds is 6. The normalized spacial score (nSPS) is 14.9. The van der Waals surface area contributed by atoms with Gasteiger partial charge in [0, 0.05) is 19.7 Å². The predicted octanol–water partition coefficient (Wildman–Crippen LogP) is 1.99. The number of hydrogen-bond donors (Lipinski definition) is 1. The van der Waals surface area contributed by atoms with Gasteiger partial charge in [-0.1, -0.05) is 0 Å². The van der Waals surface area contributed by atoms with Crippen LogP contribution in [0.1, 0.15) is 22.2 Å². The molecule has 0 atom stereocenters. The highest BCUT2D eigenvalue weighted by atomic mass is 32.2. The summed E-state index contributed by atoms with van der Waals surface area (Å²) in [7, 11) is 2.91. The Labute approximate surface area is 131 Å². The molecule has 1 heterocycles. The van der Waals surface area contributed by atoms with Crippen molar-refractivity contribution in [3.8, 4) is 0 Å². The van der Waals surface area contributed by atoms with Crippen LogP contribution >= 0.6 is 12.3 Å². The molecule has 1 fully saturated rings. The van der Waals surface area contributed by atoms with Gasteiger partial charge in [-0.05, 0) is 12.1 Å². The molecule has 0 aliphatic carbocycles. The highest BCUT2D eigenvalue weighted by Crippen LogP contribution is 2.41. The van der Waals surface area contributed by atoms with E-state index in [1.54, 1.807) is 0 Å². The van der Waals surface area contributed by atoms with E-state index < -0.39 is 12.3 Å². The van der Waals surface area contributed by atoms with Crippen LogP contribution < -0.4 is 9.21 Å². The molecule has 22 heavy (non-hydrogen) atoms. The number of carbonyl (C=O) groups is 2. The number of nitrogens with zero attached hydrogens (tertiary/aromatic N) is 2. The Morgan fingerprint density at radius 3 is 2.55 bits per heavy atom. The van der Waals surface area contributed by atoms with Crippen LogP contribution in [0.3, 0.4) is 0 Å². The first-order chi connectivity index (χ1) is 10.5. The Bertz CT molecular complexity index is 580. The first kappa shape index (κ1) is 16.5. The molecule has 1 aromatic carbocycles. The fourth-order valence-electron chi connectivity index (χ4n) is 2.19. The van der Waals surface area contributed by atoms with Crippen molar-refractivity contribution >= 4 is 36.1 Å². The van der Waals surface area contributed by atoms with Crippen molar-refractivity contribution in [1.29, 1.82) is 0 Å². The Morgan fingerprint density at radius 1 is 1.41 bits per heavy atom. The van der Waals surface area contributed by atoms with Crippen LogP contribution in [0.2, 0.25) is 0 Å². The van der Waals surface area contributed by atoms with Gasteiger partial charge in [-0.15, -0.1) is 3.89 Å². The van der Waals surface area contributed by atoms with Crippen molar-refractivity contribution in [3.05, 3.63) is 23.3 Å². The SMILES string of the molecule is CN(C=O)c1cc(C(=O)O)cc(C2OCCO2)c1N(C)SF. The maximum absolute atomic E-state index is 13.1. The molecule has 0 spiro atoms. The number of halogens is 1. The lowest BCUT2D eigenvalue weighted by molar-refractivity contribution is -0.107. The Hall–Kier alpha value is -1.84. The highest BCUT2D eigenvalue weighted by molar-refractivity contribution is 7.95. The second-order valence-corrected chi connectivity index (χ2v) is 5.28. The summed E-state index contributed by atoms with van der Waals surface area (Å²) >= 11 is -0.0607. The van der Waals surface area contributed by atoms with E-state index in [0.29, 0.717) is 30.9 Å². The Kier molecular flexibility index (Phi) is 5.22. The summed E-state index contributed by atoms with van der Waals surface area (Å²) in [5, 5.41) is 9.24. The molecule has 1 amide bonds. The van der Waals surface area contributed by atoms with E-state index in [-0.39, 0.29) is 23.6 Å². The molecule has 7 nitrogen and oxygen atoms in total. The van der Waals surface area contributed by atoms with Gasteiger partial charge in [0.05, 0.1) is 30.2 Å². The molecule has 2 rings (SSSR count). The topological polar surface area (TPSA) is 79.3 Å². The van der Waals surface area contributed by atoms with Crippen LogP contribution in [0.4, 0.5) is 15.3 Å². The van der Waals surface area contributed by atoms with E-state index in [9.17, 15) is 18.6 Å². The summed E-state index contributed by atoms with van der Waals surface area (Å²) < 4.78 is 25.1. The van der Waals surface area contributed by atoms with E-state index in [1.165, 1.54) is 35.4 Å². The van der Waals surface area contributed by atoms with Crippen molar-refractivity contribution in [2.24, 2.45) is 0 Å². The second kappa shape index (κ2) is 6.95. The van der Waals surface area contributed by atoms with Gasteiger partial charge in [-0.2, -0.15) is 0 Å². The Balaban J connectivity index is 2.67. The third kappa shape index (κ3) is 3.16. The van der Waals surface area contributed by atoms with Gasteiger partial charge in [0.15, 0.2) is 18.6 Å². The molecule has 0 radical (unpaired) electrons. The van der Waals surface area contributed by atoms with E-state index in [1.807, 2.05) is 0 Å². The third-order valence-corrected chi connectivity index (χ3v) is 3.59. The number of amides is 1. The molecule has 1 aliphatic heterocycles. The minimum absolute atomic E-state index is 0.0428. The van der Waals surface area contributed by atoms with Crippen LogP contribution in [0.5, 0.6) is 0 Å². The largest absolute Gasteiger partial charge is 0.478 e. The zero-order valence-electron chi connectivity index (χ0n) is 12.0. The molecule has 0 aromatic heterocycles. The summed E-state index contributed by atoms with van der Waals surface area (Å²) in [5.74, 6) is -1.16. The molecule has 1 aromatic rings. The van der Waals surface area contributed by atoms with Crippen LogP contribution in [0.25, 0.3) is 0 Å². The van der Waals surface area contributed by atoms with Crippen LogP contribution in [-0.2, 0) is 14.3 Å². The number of carbonyl (C=O) groups excluding carboxylic acids is 1. The zero-order valence-corrected chi connectivity index (χ0v) is 12.8. The number of aromatic carboxylic acids is 1. The summed E-state index contributed by atoms with van der Waals surface area (Å²) in [6, 6.07) is 2.67. The van der Waals surface area contributed by atoms with Crippen molar-refractivity contribution in [1.82, 2.24) is 0 Å². The average molecular weight is 330 g/mol. The molecule has 0 bridgehead atoms. The zero-order chi connectivity index (χ0) is 16.3. The van der Waals surface area contributed by atoms with Crippen LogP contribution in [-0.4, -0.2) is 44.8 Å². The molecule has 0 unspecified atom stereocenters. The predicted molar refractivity (Wildman–Crippen MR) is 79.6 cm³/mol. The van der Waals surface area contributed by atoms with Crippen molar-refractivity contribution in [3.63, 3.8) is 0 Å². The molecule has 1 saturated heterocycles. The van der Waals surface area contributed by atoms with Gasteiger partial charge < -0.3 is 19.5 Å². The lowest BCUT2D eigenvalue weighted by Crippen LogP contribution is -2.21. The molecular formula is C13H15FN2O5S. The number of ether oxygens (including phenoxy) is 2. The van der Waals surface area contributed by atoms with Crippen molar-refractivity contribution < 1.29 is 28.1 Å². The van der Waals surface area contributed by atoms with E-state index >= 15 is 0 Å². The fourth-order valence-corrected chi connectivity index (χ4v) is 2.45. The highest BCUT2D eigenvalue weighted by Gasteiger charge is 2.28. The van der Waals surface area contributed by atoms with Crippen molar-refractivity contribution in [2.45, 2.75) is 6.29 Å². The molecular weight excluding hydrogens is 315 g/mol. The van der Waals surface area contributed by atoms with Crippen LogP contribution in [0.15, 0.2) is 12.1 Å². The number of carboxylic acid groups (broad SMARTS) is 1. The molecule has 0 saturated carbocycles. The van der Waals surface area contributed by atoms with Gasteiger partial charge in [0.1, 0.15) is 0 Å². The lowest BCUT2D eigenvalue weighted by Gasteiger charge is -2.26. The Morgan fingerprint density at radius 2 is 2.05 bits per heavy atom. The molecule has 1 aliphatic rings. The monoisotopic (exact) mass is 330 g/mol. The fraction of sp³-hybridized carbons (Fsp3) is 0.385. The van der Waals surface area contributed by atoms with Crippen LogP contribution in [0, 0.1) is 0 Å². The lowest BCUT2D eigenvalue weighted by atomic mass is 10.0. The summed E-state index contributed by atoms with van der Waals surface area (Å²) in [4.78, 5) is 23.6. The number of hydrogen-bond acceptors (Lipinski definition) is 6. The molecule has 1 N–H and O–H groups in total. The standard InChI is InChI=1S/C13H15FN2O5S/c1-15(7-17)10-6-8(12(18)19)5-9(11(10)16(2)22-14)13-20-3-4-21-13/h5-7,13H,3-4H2,1-2H3,(H,18,19). The summed E-state index contributed by atoms with van der Waals surface area (Å²) in [5.41, 5.74) is 0.878. The first-order valence-corrected chi connectivity index (χ1v) is 7.02. The second-order valence-electron chi connectivity index (χ2n) is 4.59. The molecule has 120 valence electrons. The number of carboxylic acids is 1. The minimum Gasteiger partial charge on any atom is -0.478 e. The smallest absolute Gasteiger partial charge is 0.335 e. The van der Waals surface area contributed by atoms with E-state index in [2.05, 4.69) is 0 Å². The van der Waals surface area contributed by atoms with Gasteiger partial charge in [-0.25, -0.2) is 4.79 Å². The maximum atomic E-state index is 13.1. The maximum Gasteiger partial charge on any atom is 0.335 e. The average Bonchev–Trinajstić information content (AvgIpc) is 3.06. The quantitative estimate of drug-likeness (QED) is 0.631. The summed E-state index contributed by atoms with van der Waals surface area (Å²) in [6.45, 7) is 0.708. The molecule has 9 heteroatoms. The van der Waals surface area contributed by atoms with E-state index in [0.717, 1.165) is 0 Å². The van der Waals surface area contributed by atoms with Gasteiger partial charge in [0.25, 0.3) is 0 Å². The van der Waals surface area contributed by atoms with Gasteiger partial charge in [0.2, 0.25) is 6.41 Å². The van der Waals surface area contributed by atoms with Gasteiger partial charge in [-0.3, -0.25) is 9.10 Å². The number of anilines is 2.